The summed E-state index contributed by atoms with van der Waals surface area (Å²) in [6, 6.07) is 14.3. The molecule has 7 heteroatoms. The van der Waals surface area contributed by atoms with Gasteiger partial charge in [-0.2, -0.15) is 5.26 Å². The fraction of sp³-hybridized carbons (Fsp3) is 0.333. The number of nitrogens with zero attached hydrogens (tertiary/aromatic N) is 1. The predicted octanol–water partition coefficient (Wildman–Crippen LogP) is 5.39. The van der Waals surface area contributed by atoms with Crippen molar-refractivity contribution in [3.8, 4) is 11.8 Å². The van der Waals surface area contributed by atoms with Gasteiger partial charge in [0.2, 0.25) is 0 Å². The molecule has 0 atom stereocenters. The van der Waals surface area contributed by atoms with E-state index in [2.05, 4.69) is 6.58 Å². The molecule has 2 aromatic carbocycles. The zero-order chi connectivity index (χ0) is 24.8. The number of benzene rings is 2. The molecule has 0 N–H and O–H groups in total. The van der Waals surface area contributed by atoms with Crippen LogP contribution in [0.1, 0.15) is 71.7 Å². The second-order valence-electron chi connectivity index (χ2n) is 7.78. The summed E-state index contributed by atoms with van der Waals surface area (Å²) in [5.74, 6) is -1.02. The Kier molecular flexibility index (Phi) is 11.1. The summed E-state index contributed by atoms with van der Waals surface area (Å²) >= 11 is 0. The van der Waals surface area contributed by atoms with Crippen LogP contribution < -0.4 is 4.74 Å². The number of esters is 3. The predicted molar refractivity (Wildman–Crippen MR) is 126 cm³/mol. The first kappa shape index (κ1) is 26.3. The summed E-state index contributed by atoms with van der Waals surface area (Å²) < 4.78 is 15.6. The van der Waals surface area contributed by atoms with E-state index in [0.29, 0.717) is 41.2 Å². The summed E-state index contributed by atoms with van der Waals surface area (Å²) in [6.07, 6.45) is 5.57. The topological polar surface area (TPSA) is 103 Å². The Morgan fingerprint density at radius 1 is 0.765 bits per heavy atom. The molecule has 2 aromatic rings. The molecular formula is C27H29NO6. The van der Waals surface area contributed by atoms with E-state index in [0.717, 1.165) is 38.5 Å². The van der Waals surface area contributed by atoms with Gasteiger partial charge in [0.25, 0.3) is 0 Å². The van der Waals surface area contributed by atoms with E-state index in [-0.39, 0.29) is 5.97 Å². The number of carbonyl (C=O) groups is 3. The lowest BCUT2D eigenvalue weighted by Crippen LogP contribution is -2.09. The Bertz CT molecular complexity index is 1020. The van der Waals surface area contributed by atoms with Gasteiger partial charge in [-0.3, -0.25) is 0 Å². The van der Waals surface area contributed by atoms with Crippen LogP contribution in [0.4, 0.5) is 0 Å². The molecular weight excluding hydrogens is 434 g/mol. The van der Waals surface area contributed by atoms with Gasteiger partial charge in [-0.05, 0) is 68.3 Å². The number of rotatable bonds is 13. The zero-order valence-corrected chi connectivity index (χ0v) is 19.4. The van der Waals surface area contributed by atoms with Crippen molar-refractivity contribution in [2.45, 2.75) is 45.4 Å². The molecule has 34 heavy (non-hydrogen) atoms. The van der Waals surface area contributed by atoms with E-state index in [9.17, 15) is 14.4 Å². The molecule has 0 saturated heterocycles. The fourth-order valence-electron chi connectivity index (χ4n) is 2.95. The second kappa shape index (κ2) is 14.3. The average molecular weight is 464 g/mol. The van der Waals surface area contributed by atoms with Crippen LogP contribution in [0.15, 0.2) is 60.7 Å². The first-order chi connectivity index (χ1) is 16.4. The maximum absolute atomic E-state index is 12.2. The lowest BCUT2D eigenvalue weighted by atomic mass is 10.1. The number of hydrogen-bond donors (Lipinski definition) is 0. The van der Waals surface area contributed by atoms with Crippen LogP contribution in [0.2, 0.25) is 0 Å². The number of ether oxygens (including phenoxy) is 3. The van der Waals surface area contributed by atoms with E-state index >= 15 is 0 Å². The Morgan fingerprint density at radius 2 is 1.26 bits per heavy atom. The molecule has 0 spiro atoms. The van der Waals surface area contributed by atoms with Gasteiger partial charge in [0, 0.05) is 5.57 Å². The second-order valence-corrected chi connectivity index (χ2v) is 7.78. The fourth-order valence-corrected chi connectivity index (χ4v) is 2.95. The highest BCUT2D eigenvalue weighted by atomic mass is 16.5. The quantitative estimate of drug-likeness (QED) is 0.170. The Balaban J connectivity index is 1.60. The number of nitriles is 1. The first-order valence-electron chi connectivity index (χ1n) is 11.2. The number of unbranched alkanes of at least 4 members (excludes halogenated alkanes) is 5. The molecule has 178 valence electrons. The van der Waals surface area contributed by atoms with Crippen LogP contribution in [0.25, 0.3) is 0 Å². The Hall–Kier alpha value is -3.92. The molecule has 0 aliphatic carbocycles. The highest BCUT2D eigenvalue weighted by molar-refractivity contribution is 5.92. The minimum Gasteiger partial charge on any atom is -0.462 e. The summed E-state index contributed by atoms with van der Waals surface area (Å²) in [7, 11) is 0. The number of carbonyl (C=O) groups excluding carboxylic acids is 3. The van der Waals surface area contributed by atoms with E-state index in [1.807, 2.05) is 6.07 Å². The van der Waals surface area contributed by atoms with E-state index in [1.54, 1.807) is 31.2 Å². The lowest BCUT2D eigenvalue weighted by molar-refractivity contribution is -0.139. The normalized spacial score (nSPS) is 10.1. The van der Waals surface area contributed by atoms with Crippen molar-refractivity contribution < 1.29 is 28.6 Å². The third-order valence-electron chi connectivity index (χ3n) is 4.90. The van der Waals surface area contributed by atoms with Gasteiger partial charge in [0.1, 0.15) is 5.75 Å². The molecule has 7 nitrogen and oxygen atoms in total. The van der Waals surface area contributed by atoms with E-state index < -0.39 is 11.9 Å². The van der Waals surface area contributed by atoms with E-state index in [1.165, 1.54) is 24.3 Å². The number of hydrogen-bond acceptors (Lipinski definition) is 7. The van der Waals surface area contributed by atoms with Crippen molar-refractivity contribution in [2.24, 2.45) is 0 Å². The van der Waals surface area contributed by atoms with Crippen LogP contribution in [-0.2, 0) is 14.3 Å². The van der Waals surface area contributed by atoms with Crippen LogP contribution in [0.3, 0.4) is 0 Å². The van der Waals surface area contributed by atoms with Crippen molar-refractivity contribution in [1.29, 1.82) is 5.26 Å². The van der Waals surface area contributed by atoms with Crippen molar-refractivity contribution in [3.05, 3.63) is 77.4 Å². The van der Waals surface area contributed by atoms with Crippen LogP contribution in [0.5, 0.6) is 5.75 Å². The van der Waals surface area contributed by atoms with E-state index in [4.69, 9.17) is 19.5 Å². The molecule has 0 amide bonds. The standard InChI is InChI=1S/C27H29NO6/c1-20(2)25(29)32-17-7-5-3-4-6-8-18-33-26(30)22-13-15-24(16-14-22)34-27(31)23-11-9-21(19-28)10-12-23/h9-16H,1,3-8,17-18H2,2H3. The summed E-state index contributed by atoms with van der Waals surface area (Å²) in [5.41, 5.74) is 1.57. The third-order valence-corrected chi connectivity index (χ3v) is 4.90. The SMILES string of the molecule is C=C(C)C(=O)OCCCCCCCCOC(=O)c1ccc(OC(=O)c2ccc(C#N)cc2)cc1. The molecule has 0 radical (unpaired) electrons. The molecule has 0 fully saturated rings. The Morgan fingerprint density at radius 3 is 1.82 bits per heavy atom. The van der Waals surface area contributed by atoms with Crippen molar-refractivity contribution in [2.75, 3.05) is 13.2 Å². The summed E-state index contributed by atoms with van der Waals surface area (Å²) in [6.45, 7) is 5.91. The van der Waals surface area contributed by atoms with Crippen molar-refractivity contribution >= 4 is 17.9 Å². The monoisotopic (exact) mass is 463 g/mol. The minimum absolute atomic E-state index is 0.306. The van der Waals surface area contributed by atoms with Crippen LogP contribution in [-0.4, -0.2) is 31.1 Å². The van der Waals surface area contributed by atoms with Gasteiger partial charge < -0.3 is 14.2 Å². The van der Waals surface area contributed by atoms with Crippen LogP contribution in [0, 0.1) is 11.3 Å². The van der Waals surface area contributed by atoms with Gasteiger partial charge >= 0.3 is 17.9 Å². The maximum Gasteiger partial charge on any atom is 0.343 e. The minimum atomic E-state index is -0.548. The molecule has 0 aliphatic heterocycles. The van der Waals surface area contributed by atoms with Gasteiger partial charge in [0.05, 0.1) is 36.0 Å². The highest BCUT2D eigenvalue weighted by Crippen LogP contribution is 2.16. The summed E-state index contributed by atoms with van der Waals surface area (Å²) in [4.78, 5) is 35.6. The van der Waals surface area contributed by atoms with Crippen molar-refractivity contribution in [1.82, 2.24) is 0 Å². The van der Waals surface area contributed by atoms with Gasteiger partial charge in [0.15, 0.2) is 0 Å². The molecule has 0 aliphatic rings. The molecule has 0 bridgehead atoms. The van der Waals surface area contributed by atoms with Gasteiger partial charge in [-0.25, -0.2) is 14.4 Å². The molecule has 0 aromatic heterocycles. The van der Waals surface area contributed by atoms with Crippen LogP contribution >= 0.6 is 0 Å². The highest BCUT2D eigenvalue weighted by Gasteiger charge is 2.11. The van der Waals surface area contributed by atoms with Gasteiger partial charge in [-0.15, -0.1) is 0 Å². The largest absolute Gasteiger partial charge is 0.462 e. The molecule has 0 saturated carbocycles. The molecule has 2 rings (SSSR count). The Labute approximate surface area is 199 Å². The van der Waals surface area contributed by atoms with Gasteiger partial charge in [-0.1, -0.05) is 32.3 Å². The smallest absolute Gasteiger partial charge is 0.343 e. The van der Waals surface area contributed by atoms with Crippen molar-refractivity contribution in [3.63, 3.8) is 0 Å². The molecule has 0 unspecified atom stereocenters. The lowest BCUT2D eigenvalue weighted by Gasteiger charge is -2.07. The maximum atomic E-state index is 12.2. The molecule has 0 heterocycles. The summed E-state index contributed by atoms with van der Waals surface area (Å²) in [5, 5.41) is 8.81. The average Bonchev–Trinajstić information content (AvgIpc) is 2.85. The third kappa shape index (κ3) is 9.29. The first-order valence-corrected chi connectivity index (χ1v) is 11.2. The zero-order valence-electron chi connectivity index (χ0n) is 19.4.